The summed E-state index contributed by atoms with van der Waals surface area (Å²) < 4.78 is 84.3. The largest absolute Gasteiger partial charge is 0.449 e. The van der Waals surface area contributed by atoms with Crippen molar-refractivity contribution >= 4 is 23.2 Å². The Morgan fingerprint density at radius 2 is 1.67 bits per heavy atom. The topological polar surface area (TPSA) is 67.9 Å². The molecule has 5 nitrogen and oxygen atoms in total. The van der Waals surface area contributed by atoms with E-state index in [0.29, 0.717) is 6.07 Å². The quantitative estimate of drug-likeness (QED) is 0.480. The summed E-state index contributed by atoms with van der Waals surface area (Å²) in [6, 6.07) is 3.25. The summed E-state index contributed by atoms with van der Waals surface area (Å²) in [6.07, 6.45) is -7.72. The third-order valence-corrected chi connectivity index (χ3v) is 4.27. The van der Waals surface area contributed by atoms with Crippen molar-refractivity contribution in [2.45, 2.75) is 12.4 Å². The third kappa shape index (κ3) is 4.51. The first-order valence-corrected chi connectivity index (χ1v) is 8.49. The molecule has 0 amide bonds. The van der Waals surface area contributed by atoms with Gasteiger partial charge in [-0.3, -0.25) is 9.78 Å². The van der Waals surface area contributed by atoms with Crippen LogP contribution in [0, 0.1) is 0 Å². The van der Waals surface area contributed by atoms with Crippen LogP contribution < -0.4 is 10.3 Å². The number of aromatic nitrogens is 3. The number of pyridine rings is 1. The molecule has 1 N–H and O–H groups in total. The van der Waals surface area contributed by atoms with Gasteiger partial charge in [-0.15, -0.1) is 0 Å². The minimum absolute atomic E-state index is 0.0494. The monoisotopic (exact) mass is 469 g/mol. The van der Waals surface area contributed by atoms with E-state index in [1.807, 2.05) is 0 Å². The number of alkyl halides is 6. The summed E-state index contributed by atoms with van der Waals surface area (Å²) in [6.45, 7) is 0. The van der Waals surface area contributed by atoms with Crippen molar-refractivity contribution in [2.75, 3.05) is 0 Å². The Hall–Kier alpha value is -2.79. The van der Waals surface area contributed by atoms with Gasteiger partial charge in [0.25, 0.3) is 5.56 Å². The average Bonchev–Trinajstić information content (AvgIpc) is 2.63. The van der Waals surface area contributed by atoms with E-state index in [4.69, 9.17) is 27.9 Å². The molecular formula is C17H7Cl2F6N3O2. The van der Waals surface area contributed by atoms with Crippen LogP contribution in [0.3, 0.4) is 0 Å². The van der Waals surface area contributed by atoms with Gasteiger partial charge in [0.15, 0.2) is 5.69 Å². The molecular weight excluding hydrogens is 463 g/mol. The number of benzene rings is 1. The van der Waals surface area contributed by atoms with Gasteiger partial charge in [-0.05, 0) is 24.3 Å². The number of halogens is 8. The molecule has 2 aromatic heterocycles. The predicted octanol–water partition coefficient (Wildman–Crippen LogP) is 5.97. The van der Waals surface area contributed by atoms with E-state index >= 15 is 0 Å². The average molecular weight is 470 g/mol. The molecule has 0 aliphatic carbocycles. The number of nitrogens with one attached hydrogen (secondary N) is 1. The van der Waals surface area contributed by atoms with Crippen LogP contribution in [0.4, 0.5) is 26.3 Å². The number of hydrogen-bond acceptors (Lipinski definition) is 4. The van der Waals surface area contributed by atoms with Gasteiger partial charge >= 0.3 is 12.4 Å². The fraction of sp³-hybridized carbons (Fsp3) is 0.118. The summed E-state index contributed by atoms with van der Waals surface area (Å²) in [5, 5.41) is -0.782. The molecule has 13 heteroatoms. The minimum atomic E-state index is -5.17. The van der Waals surface area contributed by atoms with E-state index in [-0.39, 0.29) is 10.6 Å². The van der Waals surface area contributed by atoms with Crippen molar-refractivity contribution in [3.05, 3.63) is 68.3 Å². The fourth-order valence-corrected chi connectivity index (χ4v) is 2.78. The highest BCUT2D eigenvalue weighted by molar-refractivity contribution is 6.33. The maximum absolute atomic E-state index is 13.5. The Kier molecular flexibility index (Phi) is 5.70. The van der Waals surface area contributed by atoms with Crippen LogP contribution in [0.15, 0.2) is 41.5 Å². The zero-order valence-electron chi connectivity index (χ0n) is 14.2. The van der Waals surface area contributed by atoms with Gasteiger partial charge in [0.05, 0.1) is 15.6 Å². The van der Waals surface area contributed by atoms with Crippen LogP contribution in [0.25, 0.3) is 11.4 Å². The number of H-pyrrole nitrogens is 1. The Morgan fingerprint density at radius 3 is 2.27 bits per heavy atom. The lowest BCUT2D eigenvalue weighted by Crippen LogP contribution is -2.21. The maximum atomic E-state index is 13.5. The zero-order valence-corrected chi connectivity index (χ0v) is 15.7. The standard InChI is InChI=1S/C17H7Cl2F6N3O2/c18-10-2-1-7(5-9(10)16(20,21)22)30-12-13(17(23,24)25)27-14(28-15(12)29)8-3-4-26-6-11(8)19/h1-6H,(H,27,28,29). The highest BCUT2D eigenvalue weighted by atomic mass is 35.5. The van der Waals surface area contributed by atoms with Gasteiger partial charge < -0.3 is 9.72 Å². The molecule has 0 atom stereocenters. The Morgan fingerprint density at radius 1 is 0.967 bits per heavy atom. The van der Waals surface area contributed by atoms with Crippen molar-refractivity contribution in [3.8, 4) is 22.9 Å². The summed E-state index contributed by atoms with van der Waals surface area (Å²) in [5.41, 5.74) is -4.53. The van der Waals surface area contributed by atoms with Crippen molar-refractivity contribution in [2.24, 2.45) is 0 Å². The van der Waals surface area contributed by atoms with E-state index in [0.717, 1.165) is 18.3 Å². The molecule has 0 saturated carbocycles. The van der Waals surface area contributed by atoms with Crippen molar-refractivity contribution < 1.29 is 31.1 Å². The molecule has 0 spiro atoms. The summed E-state index contributed by atoms with van der Waals surface area (Å²) >= 11 is 11.3. The Labute approximate surface area is 173 Å². The van der Waals surface area contributed by atoms with E-state index in [1.54, 1.807) is 0 Å². The number of rotatable bonds is 3. The molecule has 0 aliphatic heterocycles. The SMILES string of the molecule is O=c1[nH]c(-c2ccncc2Cl)nc(C(F)(F)F)c1Oc1ccc(Cl)c(C(F)(F)F)c1. The fourth-order valence-electron chi connectivity index (χ4n) is 2.35. The molecule has 1 aromatic carbocycles. The zero-order chi connectivity index (χ0) is 22.3. The molecule has 3 aromatic rings. The van der Waals surface area contributed by atoms with Crippen molar-refractivity contribution in [3.63, 3.8) is 0 Å². The first-order valence-electron chi connectivity index (χ1n) is 7.74. The minimum Gasteiger partial charge on any atom is -0.449 e. The normalized spacial score (nSPS) is 12.1. The van der Waals surface area contributed by atoms with Gasteiger partial charge in [-0.2, -0.15) is 26.3 Å². The van der Waals surface area contributed by atoms with E-state index in [2.05, 4.69) is 15.0 Å². The van der Waals surface area contributed by atoms with Crippen LogP contribution in [0.2, 0.25) is 10.0 Å². The van der Waals surface area contributed by atoms with E-state index < -0.39 is 51.5 Å². The Bertz CT molecular complexity index is 1160. The predicted molar refractivity (Wildman–Crippen MR) is 94.6 cm³/mol. The molecule has 3 rings (SSSR count). The molecule has 0 radical (unpaired) electrons. The molecule has 0 bridgehead atoms. The molecule has 0 unspecified atom stereocenters. The lowest BCUT2D eigenvalue weighted by atomic mass is 10.2. The molecule has 0 aliphatic rings. The van der Waals surface area contributed by atoms with Gasteiger partial charge in [-0.1, -0.05) is 23.2 Å². The first-order chi connectivity index (χ1) is 13.9. The van der Waals surface area contributed by atoms with Gasteiger partial charge in [0.2, 0.25) is 5.75 Å². The number of nitrogens with zero attached hydrogens (tertiary/aromatic N) is 2. The van der Waals surface area contributed by atoms with Crippen LogP contribution in [0.1, 0.15) is 11.3 Å². The molecule has 2 heterocycles. The number of ether oxygens (including phenoxy) is 1. The van der Waals surface area contributed by atoms with Gasteiger partial charge in [0.1, 0.15) is 11.6 Å². The molecule has 30 heavy (non-hydrogen) atoms. The van der Waals surface area contributed by atoms with Crippen LogP contribution in [-0.4, -0.2) is 15.0 Å². The van der Waals surface area contributed by atoms with Gasteiger partial charge in [0, 0.05) is 18.0 Å². The highest BCUT2D eigenvalue weighted by Gasteiger charge is 2.39. The second-order valence-corrected chi connectivity index (χ2v) is 6.50. The van der Waals surface area contributed by atoms with Crippen LogP contribution >= 0.6 is 23.2 Å². The first kappa shape index (κ1) is 21.9. The summed E-state index contributed by atoms with van der Waals surface area (Å²) in [5.74, 6) is -2.56. The smallest absolute Gasteiger partial charge is 0.437 e. The number of aromatic amines is 1. The van der Waals surface area contributed by atoms with E-state index in [1.165, 1.54) is 12.3 Å². The van der Waals surface area contributed by atoms with Crippen LogP contribution in [-0.2, 0) is 12.4 Å². The van der Waals surface area contributed by atoms with Crippen molar-refractivity contribution in [1.82, 2.24) is 15.0 Å². The lowest BCUT2D eigenvalue weighted by Gasteiger charge is -2.15. The van der Waals surface area contributed by atoms with Gasteiger partial charge in [-0.25, -0.2) is 4.98 Å². The van der Waals surface area contributed by atoms with E-state index in [9.17, 15) is 31.1 Å². The summed E-state index contributed by atoms with van der Waals surface area (Å²) in [4.78, 5) is 21.4. The molecule has 0 saturated heterocycles. The summed E-state index contributed by atoms with van der Waals surface area (Å²) in [7, 11) is 0. The highest BCUT2D eigenvalue weighted by Crippen LogP contribution is 2.40. The second kappa shape index (κ2) is 7.80. The maximum Gasteiger partial charge on any atom is 0.437 e. The third-order valence-electron chi connectivity index (χ3n) is 3.64. The van der Waals surface area contributed by atoms with Crippen LogP contribution in [0.5, 0.6) is 11.5 Å². The molecule has 158 valence electrons. The lowest BCUT2D eigenvalue weighted by molar-refractivity contribution is -0.142. The Balaban J connectivity index is 2.15. The number of hydrogen-bond donors (Lipinski definition) is 1. The second-order valence-electron chi connectivity index (χ2n) is 5.69. The van der Waals surface area contributed by atoms with Crippen molar-refractivity contribution in [1.29, 1.82) is 0 Å². The molecule has 0 fully saturated rings.